The Morgan fingerprint density at radius 3 is 3.04 bits per heavy atom. The number of anilines is 1. The topological polar surface area (TPSA) is 63.9 Å². The van der Waals surface area contributed by atoms with E-state index in [0.29, 0.717) is 23.3 Å². The van der Waals surface area contributed by atoms with Crippen LogP contribution in [0.3, 0.4) is 0 Å². The fraction of sp³-hybridized carbons (Fsp3) is 0.294. The van der Waals surface area contributed by atoms with Gasteiger partial charge in [0.05, 0.1) is 18.1 Å². The third-order valence-electron chi connectivity index (χ3n) is 4.39. The molecule has 2 aromatic heterocycles. The Bertz CT molecular complexity index is 941. The number of nitrogens with zero attached hydrogens (tertiary/aromatic N) is 5. The highest BCUT2D eigenvalue weighted by molar-refractivity contribution is 5.89. The molecule has 3 aromatic rings. The van der Waals surface area contributed by atoms with Crippen LogP contribution in [0.2, 0.25) is 0 Å². The van der Waals surface area contributed by atoms with Crippen LogP contribution in [0.15, 0.2) is 47.7 Å². The number of aromatic nitrogens is 4. The summed E-state index contributed by atoms with van der Waals surface area (Å²) >= 11 is 0. The lowest BCUT2D eigenvalue weighted by Gasteiger charge is -2.26. The second kappa shape index (κ2) is 5.99. The van der Waals surface area contributed by atoms with E-state index in [2.05, 4.69) is 20.0 Å². The Morgan fingerprint density at radius 2 is 2.17 bits per heavy atom. The first-order chi connectivity index (χ1) is 11.7. The summed E-state index contributed by atoms with van der Waals surface area (Å²) < 4.78 is 15.1. The van der Waals surface area contributed by atoms with Gasteiger partial charge in [-0.2, -0.15) is 5.10 Å². The minimum atomic E-state index is -0.310. The molecule has 1 aromatic carbocycles. The molecule has 0 saturated carbocycles. The van der Waals surface area contributed by atoms with Gasteiger partial charge >= 0.3 is 0 Å². The number of rotatable bonds is 3. The van der Waals surface area contributed by atoms with Crippen molar-refractivity contribution in [2.75, 3.05) is 11.4 Å². The molecule has 0 radical (unpaired) electrons. The summed E-state index contributed by atoms with van der Waals surface area (Å²) in [7, 11) is 0. The molecule has 1 fully saturated rings. The molecular formula is C17H16FN5O. The standard InChI is InChI=1S/C17H16FN5O/c18-12-5-6-15-14(9-12)17(20-11-19-15)22-8-2-3-13(22)10-23-16(24)4-1-7-21-23/h1,4-7,9,11,13H,2-3,8,10H2. The van der Waals surface area contributed by atoms with Crippen molar-refractivity contribution in [2.24, 2.45) is 0 Å². The lowest BCUT2D eigenvalue weighted by atomic mass is 10.2. The molecule has 1 unspecified atom stereocenters. The summed E-state index contributed by atoms with van der Waals surface area (Å²) in [6.07, 6.45) is 5.03. The molecule has 1 atom stereocenters. The highest BCUT2D eigenvalue weighted by Crippen LogP contribution is 2.30. The molecule has 1 aliphatic rings. The third kappa shape index (κ3) is 2.62. The molecule has 0 aliphatic carbocycles. The van der Waals surface area contributed by atoms with Crippen LogP contribution in [0.1, 0.15) is 12.8 Å². The molecule has 24 heavy (non-hydrogen) atoms. The molecule has 122 valence electrons. The van der Waals surface area contributed by atoms with E-state index in [1.165, 1.54) is 29.2 Å². The highest BCUT2D eigenvalue weighted by atomic mass is 19.1. The number of fused-ring (bicyclic) bond motifs is 1. The average Bonchev–Trinajstić information content (AvgIpc) is 3.04. The predicted molar refractivity (Wildman–Crippen MR) is 88.4 cm³/mol. The molecule has 0 spiro atoms. The molecule has 0 amide bonds. The van der Waals surface area contributed by atoms with Gasteiger partial charge in [-0.25, -0.2) is 19.0 Å². The van der Waals surface area contributed by atoms with Crippen LogP contribution >= 0.6 is 0 Å². The molecule has 0 bridgehead atoms. The van der Waals surface area contributed by atoms with Gasteiger partial charge in [-0.3, -0.25) is 4.79 Å². The number of benzene rings is 1. The van der Waals surface area contributed by atoms with Crippen molar-refractivity contribution >= 4 is 16.7 Å². The van der Waals surface area contributed by atoms with E-state index in [-0.39, 0.29) is 17.4 Å². The minimum absolute atomic E-state index is 0.0963. The smallest absolute Gasteiger partial charge is 0.266 e. The maximum atomic E-state index is 13.7. The first-order valence-corrected chi connectivity index (χ1v) is 7.91. The van der Waals surface area contributed by atoms with E-state index in [0.717, 1.165) is 19.4 Å². The molecule has 7 heteroatoms. The summed E-state index contributed by atoms with van der Waals surface area (Å²) in [5.74, 6) is 0.404. The zero-order valence-corrected chi connectivity index (χ0v) is 13.0. The van der Waals surface area contributed by atoms with Crippen LogP contribution < -0.4 is 10.5 Å². The quantitative estimate of drug-likeness (QED) is 0.737. The van der Waals surface area contributed by atoms with Crippen LogP contribution in [0.25, 0.3) is 10.9 Å². The Morgan fingerprint density at radius 1 is 1.25 bits per heavy atom. The summed E-state index contributed by atoms with van der Waals surface area (Å²) in [5.41, 5.74) is 0.588. The molecule has 1 aliphatic heterocycles. The fourth-order valence-corrected chi connectivity index (χ4v) is 3.27. The van der Waals surface area contributed by atoms with Gasteiger partial charge < -0.3 is 4.90 Å². The summed E-state index contributed by atoms with van der Waals surface area (Å²) in [5, 5.41) is 4.82. The first kappa shape index (κ1) is 14.7. The van der Waals surface area contributed by atoms with Gasteiger partial charge in [-0.15, -0.1) is 0 Å². The van der Waals surface area contributed by atoms with Crippen molar-refractivity contribution < 1.29 is 4.39 Å². The highest BCUT2D eigenvalue weighted by Gasteiger charge is 2.28. The fourth-order valence-electron chi connectivity index (χ4n) is 3.27. The maximum absolute atomic E-state index is 13.7. The van der Waals surface area contributed by atoms with Crippen LogP contribution in [-0.4, -0.2) is 32.3 Å². The van der Waals surface area contributed by atoms with Gasteiger partial charge in [0.25, 0.3) is 5.56 Å². The van der Waals surface area contributed by atoms with Gasteiger partial charge in [0.1, 0.15) is 18.0 Å². The van der Waals surface area contributed by atoms with Crippen molar-refractivity contribution in [3.05, 3.63) is 59.0 Å². The van der Waals surface area contributed by atoms with E-state index in [4.69, 9.17) is 0 Å². The second-order valence-electron chi connectivity index (χ2n) is 5.89. The van der Waals surface area contributed by atoms with E-state index < -0.39 is 0 Å². The van der Waals surface area contributed by atoms with Crippen LogP contribution in [-0.2, 0) is 6.54 Å². The summed E-state index contributed by atoms with van der Waals surface area (Å²) in [4.78, 5) is 22.6. The zero-order chi connectivity index (χ0) is 16.5. The van der Waals surface area contributed by atoms with Gasteiger partial charge in [-0.1, -0.05) is 0 Å². The Balaban J connectivity index is 1.72. The maximum Gasteiger partial charge on any atom is 0.266 e. The van der Waals surface area contributed by atoms with Crippen molar-refractivity contribution in [3.8, 4) is 0 Å². The molecule has 6 nitrogen and oxygen atoms in total. The van der Waals surface area contributed by atoms with Gasteiger partial charge in [0, 0.05) is 24.2 Å². The van der Waals surface area contributed by atoms with E-state index in [9.17, 15) is 9.18 Å². The monoisotopic (exact) mass is 325 g/mol. The minimum Gasteiger partial charge on any atom is -0.351 e. The SMILES string of the molecule is O=c1cccnn1CC1CCCN1c1ncnc2ccc(F)cc12. The van der Waals surface area contributed by atoms with Crippen molar-refractivity contribution in [1.29, 1.82) is 0 Å². The van der Waals surface area contributed by atoms with Gasteiger partial charge in [0.15, 0.2) is 0 Å². The molecule has 3 heterocycles. The van der Waals surface area contributed by atoms with Crippen LogP contribution in [0, 0.1) is 5.82 Å². The molecule has 0 N–H and O–H groups in total. The largest absolute Gasteiger partial charge is 0.351 e. The van der Waals surface area contributed by atoms with Crippen molar-refractivity contribution in [2.45, 2.75) is 25.4 Å². The lowest BCUT2D eigenvalue weighted by Crippen LogP contribution is -2.37. The van der Waals surface area contributed by atoms with Crippen LogP contribution in [0.5, 0.6) is 0 Å². The van der Waals surface area contributed by atoms with E-state index in [1.54, 1.807) is 18.3 Å². The van der Waals surface area contributed by atoms with Gasteiger partial charge in [0.2, 0.25) is 0 Å². The predicted octanol–water partition coefficient (Wildman–Crippen LogP) is 1.99. The number of hydrogen-bond acceptors (Lipinski definition) is 5. The van der Waals surface area contributed by atoms with E-state index in [1.807, 2.05) is 0 Å². The summed E-state index contributed by atoms with van der Waals surface area (Å²) in [6.45, 7) is 1.30. The summed E-state index contributed by atoms with van der Waals surface area (Å²) in [6, 6.07) is 7.75. The Labute approximate surface area is 137 Å². The Hall–Kier alpha value is -2.83. The molecule has 1 saturated heterocycles. The zero-order valence-electron chi connectivity index (χ0n) is 13.0. The van der Waals surface area contributed by atoms with E-state index >= 15 is 0 Å². The first-order valence-electron chi connectivity index (χ1n) is 7.91. The third-order valence-corrected chi connectivity index (χ3v) is 4.39. The number of hydrogen-bond donors (Lipinski definition) is 0. The molecule has 4 rings (SSSR count). The lowest BCUT2D eigenvalue weighted by molar-refractivity contribution is 0.487. The van der Waals surface area contributed by atoms with Crippen molar-refractivity contribution in [1.82, 2.24) is 19.7 Å². The second-order valence-corrected chi connectivity index (χ2v) is 5.89. The normalized spacial score (nSPS) is 17.5. The number of halogens is 1. The average molecular weight is 325 g/mol. The Kier molecular flexibility index (Phi) is 3.68. The van der Waals surface area contributed by atoms with Crippen LogP contribution in [0.4, 0.5) is 10.2 Å². The molecular weight excluding hydrogens is 309 g/mol. The van der Waals surface area contributed by atoms with Gasteiger partial charge in [-0.05, 0) is 37.1 Å². The van der Waals surface area contributed by atoms with Crippen molar-refractivity contribution in [3.63, 3.8) is 0 Å².